The van der Waals surface area contributed by atoms with Crippen LogP contribution >= 0.6 is 0 Å². The van der Waals surface area contributed by atoms with Gasteiger partial charge in [0.2, 0.25) is 0 Å². The maximum Gasteiger partial charge on any atom is 0.141 e. The molecule has 0 fully saturated rings. The molecule has 0 spiro atoms. The van der Waals surface area contributed by atoms with Gasteiger partial charge in [-0.3, -0.25) is 0 Å². The van der Waals surface area contributed by atoms with Crippen LogP contribution in [-0.2, 0) is 12.6 Å². The molecular formula is C17H24N2O2. The summed E-state index contributed by atoms with van der Waals surface area (Å²) in [6.07, 6.45) is 5.05. The average Bonchev–Trinajstić information content (AvgIpc) is 2.95. The molecule has 1 aromatic carbocycles. The van der Waals surface area contributed by atoms with Crippen LogP contribution in [0.25, 0.3) is 0 Å². The van der Waals surface area contributed by atoms with Crippen molar-refractivity contribution in [2.24, 2.45) is 7.05 Å². The zero-order valence-electron chi connectivity index (χ0n) is 13.2. The number of ether oxygens (including phenoxy) is 1. The summed E-state index contributed by atoms with van der Waals surface area (Å²) < 4.78 is 7.11. The van der Waals surface area contributed by atoms with E-state index in [0.717, 1.165) is 17.7 Å². The first-order chi connectivity index (χ1) is 10.1. The second-order valence-electron chi connectivity index (χ2n) is 5.37. The Labute approximate surface area is 126 Å². The fourth-order valence-electron chi connectivity index (χ4n) is 3.03. The molecule has 2 aromatic rings. The molecule has 0 aliphatic heterocycles. The van der Waals surface area contributed by atoms with Crippen molar-refractivity contribution in [2.45, 2.75) is 38.2 Å². The van der Waals surface area contributed by atoms with Crippen molar-refractivity contribution in [3.8, 4) is 5.75 Å². The molecule has 0 radical (unpaired) electrons. The third-order valence-electron chi connectivity index (χ3n) is 4.25. The Kier molecular flexibility index (Phi) is 4.68. The molecule has 0 saturated heterocycles. The van der Waals surface area contributed by atoms with Gasteiger partial charge in [0.05, 0.1) is 7.11 Å². The highest BCUT2D eigenvalue weighted by Crippen LogP contribution is 2.41. The molecule has 1 heterocycles. The topological polar surface area (TPSA) is 47.3 Å². The minimum Gasteiger partial charge on any atom is -0.497 e. The lowest BCUT2D eigenvalue weighted by Crippen LogP contribution is -2.35. The molecule has 0 saturated carbocycles. The van der Waals surface area contributed by atoms with Crippen molar-refractivity contribution < 1.29 is 9.84 Å². The van der Waals surface area contributed by atoms with Crippen LogP contribution in [0.2, 0.25) is 0 Å². The minimum absolute atomic E-state index is 0.00509. The Morgan fingerprint density at radius 3 is 2.38 bits per heavy atom. The highest BCUT2D eigenvalue weighted by molar-refractivity contribution is 5.32. The van der Waals surface area contributed by atoms with E-state index >= 15 is 0 Å². The number of aliphatic hydroxyl groups is 1. The molecule has 2 atom stereocenters. The molecule has 1 aromatic heterocycles. The van der Waals surface area contributed by atoms with E-state index in [4.69, 9.17) is 4.74 Å². The largest absolute Gasteiger partial charge is 0.497 e. The summed E-state index contributed by atoms with van der Waals surface area (Å²) >= 11 is 0. The minimum atomic E-state index is -0.971. The molecule has 21 heavy (non-hydrogen) atoms. The molecule has 4 heteroatoms. The van der Waals surface area contributed by atoms with Crippen molar-refractivity contribution in [2.75, 3.05) is 7.11 Å². The summed E-state index contributed by atoms with van der Waals surface area (Å²) in [5.74, 6) is 1.54. The fraction of sp³-hybridized carbons (Fsp3) is 0.471. The van der Waals surface area contributed by atoms with E-state index in [1.165, 1.54) is 0 Å². The van der Waals surface area contributed by atoms with Crippen LogP contribution in [-0.4, -0.2) is 21.8 Å². The lowest BCUT2D eigenvalue weighted by Gasteiger charge is -2.35. The van der Waals surface area contributed by atoms with Gasteiger partial charge in [0.1, 0.15) is 17.2 Å². The van der Waals surface area contributed by atoms with Gasteiger partial charge in [-0.15, -0.1) is 0 Å². The van der Waals surface area contributed by atoms with Crippen LogP contribution < -0.4 is 4.74 Å². The van der Waals surface area contributed by atoms with Crippen molar-refractivity contribution in [1.82, 2.24) is 9.55 Å². The van der Waals surface area contributed by atoms with Crippen molar-refractivity contribution >= 4 is 0 Å². The summed E-state index contributed by atoms with van der Waals surface area (Å²) in [7, 11) is 3.58. The Hall–Kier alpha value is -1.81. The summed E-state index contributed by atoms with van der Waals surface area (Å²) in [5.41, 5.74) is 0.132. The molecular weight excluding hydrogens is 264 g/mol. The maximum atomic E-state index is 11.3. The van der Waals surface area contributed by atoms with E-state index in [1.807, 2.05) is 49.0 Å². The first-order valence-corrected chi connectivity index (χ1v) is 7.40. The summed E-state index contributed by atoms with van der Waals surface area (Å²) in [5, 5.41) is 11.3. The van der Waals surface area contributed by atoms with Gasteiger partial charge < -0.3 is 14.4 Å². The predicted octanol–water partition coefficient (Wildman–Crippen LogP) is 3.22. The van der Waals surface area contributed by atoms with Crippen LogP contribution in [0.15, 0.2) is 36.7 Å². The van der Waals surface area contributed by atoms with Gasteiger partial charge in [-0.1, -0.05) is 26.0 Å². The molecule has 0 bridgehead atoms. The smallest absolute Gasteiger partial charge is 0.141 e. The Bertz CT molecular complexity index is 577. The lowest BCUT2D eigenvalue weighted by atomic mass is 9.78. The summed E-state index contributed by atoms with van der Waals surface area (Å²) in [6.45, 7) is 4.10. The van der Waals surface area contributed by atoms with Crippen LogP contribution in [0.1, 0.15) is 44.0 Å². The standard InChI is InChI=1S/C17H24N2O2/c1-5-15(13-7-9-14(21-4)10-8-13)17(20,6-2)16-18-11-12-19(16)3/h7-12,15,20H,5-6H2,1-4H3/t15-,17-/m1/s1. The average molecular weight is 288 g/mol. The number of imidazole rings is 1. The van der Waals surface area contributed by atoms with Crippen LogP contribution in [0.4, 0.5) is 0 Å². The van der Waals surface area contributed by atoms with Crippen molar-refractivity contribution in [3.63, 3.8) is 0 Å². The van der Waals surface area contributed by atoms with Gasteiger partial charge in [0.25, 0.3) is 0 Å². The second-order valence-corrected chi connectivity index (χ2v) is 5.37. The van der Waals surface area contributed by atoms with Gasteiger partial charge in [-0.05, 0) is 30.5 Å². The van der Waals surface area contributed by atoms with E-state index in [9.17, 15) is 5.11 Å². The Morgan fingerprint density at radius 2 is 1.95 bits per heavy atom. The van der Waals surface area contributed by atoms with Crippen molar-refractivity contribution in [3.05, 3.63) is 48.0 Å². The Morgan fingerprint density at radius 1 is 1.29 bits per heavy atom. The number of rotatable bonds is 6. The molecule has 0 unspecified atom stereocenters. The molecule has 114 valence electrons. The SMILES string of the molecule is CC[C@H](c1ccc(OC)cc1)[C@](O)(CC)c1nccn1C. The van der Waals surface area contributed by atoms with Crippen LogP contribution in [0, 0.1) is 0 Å². The quantitative estimate of drug-likeness (QED) is 0.888. The van der Waals surface area contributed by atoms with Crippen molar-refractivity contribution in [1.29, 1.82) is 0 Å². The van der Waals surface area contributed by atoms with E-state index in [-0.39, 0.29) is 5.92 Å². The van der Waals surface area contributed by atoms with Crippen LogP contribution in [0.5, 0.6) is 5.75 Å². The number of hydrogen-bond donors (Lipinski definition) is 1. The molecule has 2 rings (SSSR count). The summed E-state index contributed by atoms with van der Waals surface area (Å²) in [4.78, 5) is 4.38. The molecule has 0 aliphatic rings. The third-order valence-corrected chi connectivity index (χ3v) is 4.25. The van der Waals surface area contributed by atoms with E-state index in [0.29, 0.717) is 12.2 Å². The first kappa shape index (κ1) is 15.6. The first-order valence-electron chi connectivity index (χ1n) is 7.40. The van der Waals surface area contributed by atoms with Gasteiger partial charge in [0.15, 0.2) is 0 Å². The number of hydrogen-bond acceptors (Lipinski definition) is 3. The Balaban J connectivity index is 2.43. The highest BCUT2D eigenvalue weighted by atomic mass is 16.5. The van der Waals surface area contributed by atoms with Gasteiger partial charge in [-0.25, -0.2) is 4.98 Å². The maximum absolute atomic E-state index is 11.3. The number of aryl methyl sites for hydroxylation is 1. The monoisotopic (exact) mass is 288 g/mol. The highest BCUT2D eigenvalue weighted by Gasteiger charge is 2.39. The molecule has 4 nitrogen and oxygen atoms in total. The fourth-order valence-corrected chi connectivity index (χ4v) is 3.03. The zero-order valence-corrected chi connectivity index (χ0v) is 13.2. The van der Waals surface area contributed by atoms with Gasteiger partial charge >= 0.3 is 0 Å². The molecule has 1 N–H and O–H groups in total. The number of nitrogens with zero attached hydrogens (tertiary/aromatic N) is 2. The number of methoxy groups -OCH3 is 1. The van der Waals surface area contributed by atoms with E-state index in [2.05, 4.69) is 11.9 Å². The van der Waals surface area contributed by atoms with Gasteiger partial charge in [0, 0.05) is 25.4 Å². The zero-order chi connectivity index (χ0) is 15.5. The second kappa shape index (κ2) is 6.31. The normalized spacial score (nSPS) is 15.5. The number of aromatic nitrogens is 2. The lowest BCUT2D eigenvalue weighted by molar-refractivity contribution is -0.00939. The third kappa shape index (κ3) is 2.81. The molecule has 0 aliphatic carbocycles. The summed E-state index contributed by atoms with van der Waals surface area (Å²) in [6, 6.07) is 7.92. The number of benzene rings is 1. The van der Waals surface area contributed by atoms with E-state index in [1.54, 1.807) is 13.3 Å². The molecule has 0 amide bonds. The van der Waals surface area contributed by atoms with E-state index < -0.39 is 5.60 Å². The van der Waals surface area contributed by atoms with Crippen LogP contribution in [0.3, 0.4) is 0 Å². The van der Waals surface area contributed by atoms with Gasteiger partial charge in [-0.2, -0.15) is 0 Å². The predicted molar refractivity (Wildman–Crippen MR) is 83.4 cm³/mol.